The quantitative estimate of drug-likeness (QED) is 0.141. The maximum Gasteiger partial charge on any atom is 0.320 e. The van der Waals surface area contributed by atoms with Crippen molar-refractivity contribution in [1.82, 2.24) is 4.98 Å². The molecule has 1 aromatic heterocycles. The lowest BCUT2D eigenvalue weighted by atomic mass is 10.0. The zero-order valence-corrected chi connectivity index (χ0v) is 21.1. The molecule has 0 unspecified atom stereocenters. The first-order valence-electron chi connectivity index (χ1n) is 12.6. The highest BCUT2D eigenvalue weighted by molar-refractivity contribution is 5.94. The van der Waals surface area contributed by atoms with E-state index in [1.54, 1.807) is 32.0 Å². The first kappa shape index (κ1) is 26.0. The van der Waals surface area contributed by atoms with Crippen molar-refractivity contribution in [2.24, 2.45) is 5.92 Å². The molecule has 0 aliphatic rings. The van der Waals surface area contributed by atoms with Crippen molar-refractivity contribution in [1.29, 1.82) is 0 Å². The van der Waals surface area contributed by atoms with E-state index >= 15 is 0 Å². The molecule has 0 saturated carbocycles. The molecule has 8 nitrogen and oxygen atoms in total. The average Bonchev–Trinajstić information content (AvgIpc) is 3.31. The van der Waals surface area contributed by atoms with Crippen LogP contribution in [0, 0.1) is 5.92 Å². The standard InChI is InChI=1S/C29H31NO7/c1-3-34-28(32)24(29(33)35-4-2)8-6-5-7-15-36-23-13-11-19-16-21(10-9-20(19)17-23)27-30-25-14-12-22(31)18-26(25)37-27/h9-14,16-18,24,31H,3-8,15H2,1-2H3. The van der Waals surface area contributed by atoms with Gasteiger partial charge in [-0.25, -0.2) is 4.98 Å². The van der Waals surface area contributed by atoms with Gasteiger partial charge in [0.15, 0.2) is 11.5 Å². The summed E-state index contributed by atoms with van der Waals surface area (Å²) in [4.78, 5) is 28.6. The topological polar surface area (TPSA) is 108 Å². The van der Waals surface area contributed by atoms with Gasteiger partial charge in [-0.2, -0.15) is 0 Å². The first-order chi connectivity index (χ1) is 18.0. The van der Waals surface area contributed by atoms with E-state index in [1.165, 1.54) is 0 Å². The van der Waals surface area contributed by atoms with Crippen LogP contribution in [0.4, 0.5) is 0 Å². The number of unbranched alkanes of at least 4 members (excludes halogenated alkanes) is 2. The lowest BCUT2D eigenvalue weighted by Gasteiger charge is -2.14. The number of aromatic nitrogens is 1. The predicted octanol–water partition coefficient (Wildman–Crippen LogP) is 6.04. The molecule has 0 fully saturated rings. The zero-order chi connectivity index (χ0) is 26.2. The van der Waals surface area contributed by atoms with Crippen LogP contribution in [-0.2, 0) is 19.1 Å². The summed E-state index contributed by atoms with van der Waals surface area (Å²) in [6.45, 7) is 4.43. The highest BCUT2D eigenvalue weighted by atomic mass is 16.6. The van der Waals surface area contributed by atoms with Gasteiger partial charge in [0.1, 0.15) is 17.0 Å². The molecule has 0 saturated heterocycles. The molecule has 0 aliphatic carbocycles. The molecule has 0 spiro atoms. The van der Waals surface area contributed by atoms with Crippen LogP contribution in [0.1, 0.15) is 39.5 Å². The molecule has 4 rings (SSSR count). The summed E-state index contributed by atoms with van der Waals surface area (Å²) in [6.07, 6.45) is 2.70. The van der Waals surface area contributed by atoms with E-state index < -0.39 is 17.9 Å². The molecule has 0 atom stereocenters. The molecule has 37 heavy (non-hydrogen) atoms. The number of fused-ring (bicyclic) bond motifs is 2. The second-order valence-corrected chi connectivity index (χ2v) is 8.65. The minimum Gasteiger partial charge on any atom is -0.508 e. The van der Waals surface area contributed by atoms with Crippen LogP contribution in [0.2, 0.25) is 0 Å². The number of aromatic hydroxyl groups is 1. The Labute approximate surface area is 215 Å². The number of benzene rings is 3. The molecule has 0 amide bonds. The highest BCUT2D eigenvalue weighted by Gasteiger charge is 2.28. The smallest absolute Gasteiger partial charge is 0.320 e. The third-order valence-electron chi connectivity index (χ3n) is 5.98. The number of hydrogen-bond donors (Lipinski definition) is 1. The Hall–Kier alpha value is -4.07. The number of rotatable bonds is 12. The van der Waals surface area contributed by atoms with Crippen LogP contribution in [0.15, 0.2) is 59.0 Å². The van der Waals surface area contributed by atoms with E-state index in [0.29, 0.717) is 36.4 Å². The van der Waals surface area contributed by atoms with Crippen molar-refractivity contribution in [2.75, 3.05) is 19.8 Å². The maximum absolute atomic E-state index is 12.1. The van der Waals surface area contributed by atoms with Gasteiger partial charge < -0.3 is 23.7 Å². The first-order valence-corrected chi connectivity index (χ1v) is 12.6. The number of carbonyl (C=O) groups excluding carboxylic acids is 2. The molecule has 0 aliphatic heterocycles. The van der Waals surface area contributed by atoms with E-state index in [4.69, 9.17) is 18.6 Å². The van der Waals surface area contributed by atoms with E-state index in [1.807, 2.05) is 36.4 Å². The third kappa shape index (κ3) is 6.58. The Kier molecular flexibility index (Phi) is 8.61. The summed E-state index contributed by atoms with van der Waals surface area (Å²) in [6, 6.07) is 16.7. The van der Waals surface area contributed by atoms with Crippen molar-refractivity contribution >= 4 is 33.8 Å². The Morgan fingerprint density at radius 2 is 1.62 bits per heavy atom. The number of phenols is 1. The van der Waals surface area contributed by atoms with Gasteiger partial charge in [0.05, 0.1) is 19.8 Å². The number of hydrogen-bond acceptors (Lipinski definition) is 8. The van der Waals surface area contributed by atoms with E-state index in [0.717, 1.165) is 34.9 Å². The van der Waals surface area contributed by atoms with E-state index in [2.05, 4.69) is 4.98 Å². The largest absolute Gasteiger partial charge is 0.508 e. The zero-order valence-electron chi connectivity index (χ0n) is 21.1. The van der Waals surface area contributed by atoms with E-state index in [9.17, 15) is 14.7 Å². The third-order valence-corrected chi connectivity index (χ3v) is 5.98. The van der Waals surface area contributed by atoms with Gasteiger partial charge in [-0.15, -0.1) is 0 Å². The molecule has 8 heteroatoms. The fourth-order valence-corrected chi connectivity index (χ4v) is 4.12. The van der Waals surface area contributed by atoms with Gasteiger partial charge in [-0.05, 0) is 73.9 Å². The van der Waals surface area contributed by atoms with Crippen LogP contribution >= 0.6 is 0 Å². The summed E-state index contributed by atoms with van der Waals surface area (Å²) in [5.74, 6) is -0.504. The van der Waals surface area contributed by atoms with Crippen molar-refractivity contribution in [3.05, 3.63) is 54.6 Å². The van der Waals surface area contributed by atoms with Crippen molar-refractivity contribution in [3.63, 3.8) is 0 Å². The summed E-state index contributed by atoms with van der Waals surface area (Å²) < 4.78 is 21.8. The predicted molar refractivity (Wildman–Crippen MR) is 139 cm³/mol. The van der Waals surface area contributed by atoms with Crippen LogP contribution < -0.4 is 4.74 Å². The molecular formula is C29H31NO7. The molecule has 4 aromatic rings. The normalized spacial score (nSPS) is 11.2. The number of phenolic OH excluding ortho intramolecular Hbond substituents is 1. The van der Waals surface area contributed by atoms with E-state index in [-0.39, 0.29) is 19.0 Å². The molecule has 1 heterocycles. The number of carbonyl (C=O) groups is 2. The molecule has 1 N–H and O–H groups in total. The van der Waals surface area contributed by atoms with Crippen molar-refractivity contribution < 1.29 is 33.3 Å². The minimum atomic E-state index is -0.867. The molecule has 0 radical (unpaired) electrons. The number of ether oxygens (including phenoxy) is 3. The van der Waals surface area contributed by atoms with Gasteiger partial charge in [0.25, 0.3) is 0 Å². The van der Waals surface area contributed by atoms with Crippen LogP contribution in [-0.4, -0.2) is 41.8 Å². The molecular weight excluding hydrogens is 474 g/mol. The SMILES string of the molecule is CCOC(=O)C(CCCCCOc1ccc2cc(-c3nc4ccc(O)cc4o3)ccc2c1)C(=O)OCC. The van der Waals surface area contributed by atoms with Gasteiger partial charge in [0, 0.05) is 11.6 Å². The number of nitrogens with zero attached hydrogens (tertiary/aromatic N) is 1. The lowest BCUT2D eigenvalue weighted by Crippen LogP contribution is -2.28. The summed E-state index contributed by atoms with van der Waals surface area (Å²) in [5.41, 5.74) is 2.07. The summed E-state index contributed by atoms with van der Waals surface area (Å²) >= 11 is 0. The van der Waals surface area contributed by atoms with Gasteiger partial charge in [0.2, 0.25) is 5.89 Å². The fourth-order valence-electron chi connectivity index (χ4n) is 4.12. The van der Waals surface area contributed by atoms with Crippen molar-refractivity contribution in [2.45, 2.75) is 39.5 Å². The second kappa shape index (κ2) is 12.3. The number of esters is 2. The van der Waals surface area contributed by atoms with Crippen LogP contribution in [0.5, 0.6) is 11.5 Å². The Balaban J connectivity index is 1.29. The van der Waals surface area contributed by atoms with Crippen LogP contribution in [0.25, 0.3) is 33.3 Å². The van der Waals surface area contributed by atoms with Gasteiger partial charge in [-0.1, -0.05) is 25.0 Å². The summed E-state index contributed by atoms with van der Waals surface area (Å²) in [7, 11) is 0. The molecule has 194 valence electrons. The average molecular weight is 506 g/mol. The van der Waals surface area contributed by atoms with Gasteiger partial charge in [-0.3, -0.25) is 9.59 Å². The van der Waals surface area contributed by atoms with Crippen LogP contribution in [0.3, 0.4) is 0 Å². The summed E-state index contributed by atoms with van der Waals surface area (Å²) in [5, 5.41) is 11.7. The minimum absolute atomic E-state index is 0.138. The second-order valence-electron chi connectivity index (χ2n) is 8.65. The number of oxazole rings is 1. The van der Waals surface area contributed by atoms with Gasteiger partial charge >= 0.3 is 11.9 Å². The monoisotopic (exact) mass is 505 g/mol. The van der Waals surface area contributed by atoms with Crippen molar-refractivity contribution in [3.8, 4) is 23.0 Å². The Morgan fingerprint density at radius 1 is 0.892 bits per heavy atom. The highest BCUT2D eigenvalue weighted by Crippen LogP contribution is 2.30. The molecule has 3 aromatic carbocycles. The molecule has 0 bridgehead atoms. The fraction of sp³-hybridized carbons (Fsp3) is 0.345. The lowest BCUT2D eigenvalue weighted by molar-refractivity contribution is -0.161. The maximum atomic E-state index is 12.1. The Bertz CT molecular complexity index is 1360. The Morgan fingerprint density at radius 3 is 2.38 bits per heavy atom.